The molecule has 3 rings (SSSR count). The molecule has 1 amide bonds. The van der Waals surface area contributed by atoms with Gasteiger partial charge in [0.2, 0.25) is 15.9 Å². The number of nitrogens with zero attached hydrogens (tertiary/aromatic N) is 1. The van der Waals surface area contributed by atoms with E-state index in [4.69, 9.17) is 4.74 Å². The summed E-state index contributed by atoms with van der Waals surface area (Å²) in [5, 5.41) is 2.68. The fourth-order valence-corrected chi connectivity index (χ4v) is 5.02. The van der Waals surface area contributed by atoms with Gasteiger partial charge in [-0.3, -0.25) is 4.79 Å². The number of ether oxygens (including phenoxy) is 1. The van der Waals surface area contributed by atoms with Crippen molar-refractivity contribution in [2.75, 3.05) is 25.4 Å². The van der Waals surface area contributed by atoms with Crippen molar-refractivity contribution >= 4 is 15.9 Å². The van der Waals surface area contributed by atoms with Crippen LogP contribution in [-0.4, -0.2) is 56.2 Å². The normalized spacial score (nSPS) is 29.3. The van der Waals surface area contributed by atoms with Crippen molar-refractivity contribution < 1.29 is 22.3 Å². The number of sulfonamides is 1. The van der Waals surface area contributed by atoms with Crippen LogP contribution in [0.25, 0.3) is 0 Å². The quantitative estimate of drug-likeness (QED) is 0.806. The second kappa shape index (κ2) is 7.62. The van der Waals surface area contributed by atoms with Crippen LogP contribution in [0.15, 0.2) is 24.3 Å². The van der Waals surface area contributed by atoms with Gasteiger partial charge < -0.3 is 10.1 Å². The molecular formula is C18H25FN2O4S. The van der Waals surface area contributed by atoms with Crippen LogP contribution < -0.4 is 5.32 Å². The Hall–Kier alpha value is -1.51. The lowest BCUT2D eigenvalue weighted by molar-refractivity contribution is -0.122. The molecule has 8 heteroatoms. The van der Waals surface area contributed by atoms with E-state index >= 15 is 0 Å². The van der Waals surface area contributed by atoms with E-state index < -0.39 is 10.0 Å². The zero-order valence-corrected chi connectivity index (χ0v) is 15.8. The Labute approximate surface area is 153 Å². The van der Waals surface area contributed by atoms with Crippen LogP contribution in [0.3, 0.4) is 0 Å². The summed E-state index contributed by atoms with van der Waals surface area (Å²) in [6.07, 6.45) is 0.310. The molecule has 2 aliphatic rings. The molecular weight excluding hydrogens is 359 g/mol. The lowest BCUT2D eigenvalue weighted by atomic mass is 10.1. The Morgan fingerprint density at radius 1 is 1.27 bits per heavy atom. The van der Waals surface area contributed by atoms with Gasteiger partial charge in [-0.05, 0) is 37.8 Å². The molecule has 0 bridgehead atoms. The Bertz CT molecular complexity index is 760. The van der Waals surface area contributed by atoms with Crippen molar-refractivity contribution in [3.8, 4) is 0 Å². The number of amides is 1. The minimum absolute atomic E-state index is 0.0573. The first kappa shape index (κ1) is 19.3. The monoisotopic (exact) mass is 384 g/mol. The fraction of sp³-hybridized carbons (Fsp3) is 0.611. The largest absolute Gasteiger partial charge is 0.373 e. The molecule has 144 valence electrons. The van der Waals surface area contributed by atoms with Gasteiger partial charge in [-0.15, -0.1) is 0 Å². The summed E-state index contributed by atoms with van der Waals surface area (Å²) in [4.78, 5) is 12.2. The summed E-state index contributed by atoms with van der Waals surface area (Å²) >= 11 is 0. The Kier molecular flexibility index (Phi) is 5.64. The van der Waals surface area contributed by atoms with Crippen LogP contribution in [0.4, 0.5) is 4.39 Å². The highest BCUT2D eigenvalue weighted by atomic mass is 32.2. The van der Waals surface area contributed by atoms with E-state index in [1.165, 1.54) is 10.4 Å². The maximum Gasteiger partial charge on any atom is 0.223 e. The predicted octanol–water partition coefficient (Wildman–Crippen LogP) is 1.48. The Morgan fingerprint density at radius 3 is 2.58 bits per heavy atom. The van der Waals surface area contributed by atoms with Crippen LogP contribution in [-0.2, 0) is 19.6 Å². The van der Waals surface area contributed by atoms with E-state index in [0.29, 0.717) is 25.1 Å². The van der Waals surface area contributed by atoms with Crippen LogP contribution in [0.5, 0.6) is 0 Å². The number of carbonyl (C=O) groups excluding carboxylic acids is 1. The first-order chi connectivity index (χ1) is 12.3. The van der Waals surface area contributed by atoms with Gasteiger partial charge in [0.15, 0.2) is 0 Å². The van der Waals surface area contributed by atoms with Crippen LogP contribution >= 0.6 is 0 Å². The predicted molar refractivity (Wildman–Crippen MR) is 95.6 cm³/mol. The van der Waals surface area contributed by atoms with Crippen LogP contribution in [0, 0.1) is 11.7 Å². The third-order valence-electron chi connectivity index (χ3n) is 4.87. The number of halogens is 1. The molecule has 1 aromatic rings. The second-order valence-electron chi connectivity index (χ2n) is 7.15. The Balaban J connectivity index is 1.48. The average molecular weight is 384 g/mol. The summed E-state index contributed by atoms with van der Waals surface area (Å²) in [5.41, 5.74) is 0.552. The van der Waals surface area contributed by atoms with E-state index in [1.807, 2.05) is 13.8 Å². The number of hydrogen-bond acceptors (Lipinski definition) is 4. The van der Waals surface area contributed by atoms with Gasteiger partial charge >= 0.3 is 0 Å². The highest BCUT2D eigenvalue weighted by Gasteiger charge is 2.45. The topological polar surface area (TPSA) is 75.7 Å². The van der Waals surface area contributed by atoms with Crippen molar-refractivity contribution in [3.05, 3.63) is 35.6 Å². The molecule has 0 spiro atoms. The molecule has 4 atom stereocenters. The molecule has 1 aliphatic carbocycles. The highest BCUT2D eigenvalue weighted by Crippen LogP contribution is 2.48. The molecule has 4 unspecified atom stereocenters. The average Bonchev–Trinajstić information content (AvgIpc) is 3.34. The second-order valence-corrected chi connectivity index (χ2v) is 9.24. The van der Waals surface area contributed by atoms with E-state index in [0.717, 1.165) is 0 Å². The lowest BCUT2D eigenvalue weighted by Gasteiger charge is -2.34. The molecule has 1 heterocycles. The van der Waals surface area contributed by atoms with Crippen molar-refractivity contribution in [3.63, 3.8) is 0 Å². The molecule has 0 aromatic heterocycles. The number of morpholine rings is 1. The van der Waals surface area contributed by atoms with Gasteiger partial charge in [0.25, 0.3) is 0 Å². The third kappa shape index (κ3) is 4.42. The van der Waals surface area contributed by atoms with E-state index in [9.17, 15) is 17.6 Å². The standard InChI is InChI=1S/C18H25FN2O4S/c1-12-10-21(11-13(2)25-12)26(23,24)8-7-20-18(22)16-9-15(16)14-5-3-4-6-17(14)19/h3-6,12-13,15-16H,7-11H2,1-2H3,(H,20,22). The molecule has 1 aromatic carbocycles. The fourth-order valence-electron chi connectivity index (χ4n) is 3.53. The third-order valence-corrected chi connectivity index (χ3v) is 6.68. The van der Waals surface area contributed by atoms with Gasteiger partial charge in [-0.1, -0.05) is 18.2 Å². The molecule has 26 heavy (non-hydrogen) atoms. The molecule has 1 saturated carbocycles. The zero-order chi connectivity index (χ0) is 18.9. The molecule has 1 aliphatic heterocycles. The van der Waals surface area contributed by atoms with Gasteiger partial charge in [-0.2, -0.15) is 4.31 Å². The number of hydrogen-bond donors (Lipinski definition) is 1. The van der Waals surface area contributed by atoms with Crippen LogP contribution in [0.1, 0.15) is 31.7 Å². The minimum Gasteiger partial charge on any atom is -0.373 e. The van der Waals surface area contributed by atoms with Gasteiger partial charge in [0.1, 0.15) is 5.82 Å². The maximum atomic E-state index is 13.8. The number of carbonyl (C=O) groups is 1. The van der Waals surface area contributed by atoms with Crippen molar-refractivity contribution in [1.29, 1.82) is 0 Å². The van der Waals surface area contributed by atoms with Gasteiger partial charge in [0.05, 0.1) is 18.0 Å². The number of nitrogens with one attached hydrogen (secondary N) is 1. The summed E-state index contributed by atoms with van der Waals surface area (Å²) in [7, 11) is -3.44. The SMILES string of the molecule is CC1CN(S(=O)(=O)CCNC(=O)C2CC2c2ccccc2F)CC(C)O1. The summed E-state index contributed by atoms with van der Waals surface area (Å²) < 4.78 is 45.6. The first-order valence-corrected chi connectivity index (χ1v) is 10.5. The molecule has 1 saturated heterocycles. The van der Waals surface area contributed by atoms with Gasteiger partial charge in [-0.25, -0.2) is 12.8 Å². The molecule has 2 fully saturated rings. The summed E-state index contributed by atoms with van der Waals surface area (Å²) in [6.45, 7) is 4.41. The smallest absolute Gasteiger partial charge is 0.223 e. The van der Waals surface area contributed by atoms with E-state index in [2.05, 4.69) is 5.32 Å². The van der Waals surface area contributed by atoms with Crippen LogP contribution in [0.2, 0.25) is 0 Å². The van der Waals surface area contributed by atoms with Gasteiger partial charge in [0, 0.05) is 25.6 Å². The summed E-state index contributed by atoms with van der Waals surface area (Å²) in [6, 6.07) is 6.45. The van der Waals surface area contributed by atoms with E-state index in [1.54, 1.807) is 18.2 Å². The zero-order valence-electron chi connectivity index (χ0n) is 15.0. The number of rotatable bonds is 6. The van der Waals surface area contributed by atoms with Crippen molar-refractivity contribution in [2.24, 2.45) is 5.92 Å². The van der Waals surface area contributed by atoms with Crippen molar-refractivity contribution in [1.82, 2.24) is 9.62 Å². The first-order valence-electron chi connectivity index (χ1n) is 8.93. The maximum absolute atomic E-state index is 13.8. The molecule has 1 N–H and O–H groups in total. The highest BCUT2D eigenvalue weighted by molar-refractivity contribution is 7.89. The number of benzene rings is 1. The Morgan fingerprint density at radius 2 is 1.92 bits per heavy atom. The van der Waals surface area contributed by atoms with Crippen molar-refractivity contribution in [2.45, 2.75) is 38.4 Å². The molecule has 0 radical (unpaired) electrons. The van der Waals surface area contributed by atoms with E-state index in [-0.39, 0.29) is 48.1 Å². The summed E-state index contributed by atoms with van der Waals surface area (Å²) in [5.74, 6) is -1.05. The molecule has 6 nitrogen and oxygen atoms in total. The minimum atomic E-state index is -3.44. The lowest BCUT2D eigenvalue weighted by Crippen LogP contribution is -2.49.